The first-order valence-corrected chi connectivity index (χ1v) is 8.31. The molecule has 3 rings (SSSR count). The standard InChI is InChI=1S/C21H18N4O2/c26-21(22-17-12-6-2-7-13-17)20(25-27)19(16-10-4-1-5-11-16)24-23-18-14-8-3-9-15-18/h1-15,23,27H,(H,22,26)/b24-19-,25-20-. The highest BCUT2D eigenvalue weighted by molar-refractivity contribution is 6.71. The lowest BCUT2D eigenvalue weighted by atomic mass is 10.1. The molecule has 1 amide bonds. The average Bonchev–Trinajstić information content (AvgIpc) is 2.73. The molecule has 0 aliphatic carbocycles. The number of rotatable bonds is 6. The Bertz CT molecular complexity index is 940. The summed E-state index contributed by atoms with van der Waals surface area (Å²) >= 11 is 0. The van der Waals surface area contributed by atoms with Crippen molar-refractivity contribution in [1.82, 2.24) is 0 Å². The molecule has 6 heteroatoms. The molecule has 3 aromatic rings. The molecule has 0 atom stereocenters. The van der Waals surface area contributed by atoms with Gasteiger partial charge in [-0.1, -0.05) is 71.9 Å². The molecule has 3 N–H and O–H groups in total. The van der Waals surface area contributed by atoms with Gasteiger partial charge in [0.05, 0.1) is 5.69 Å². The molecule has 0 aromatic heterocycles. The molecule has 0 spiro atoms. The summed E-state index contributed by atoms with van der Waals surface area (Å²) in [5.41, 5.74) is 4.88. The lowest BCUT2D eigenvalue weighted by molar-refractivity contribution is -0.110. The van der Waals surface area contributed by atoms with E-state index in [2.05, 4.69) is 21.0 Å². The molecule has 0 fully saturated rings. The molecule has 0 saturated carbocycles. The number of benzene rings is 3. The first kappa shape index (κ1) is 17.9. The number of carbonyl (C=O) groups is 1. The molecule has 134 valence electrons. The van der Waals surface area contributed by atoms with Crippen LogP contribution in [0.25, 0.3) is 0 Å². The smallest absolute Gasteiger partial charge is 0.280 e. The van der Waals surface area contributed by atoms with Crippen LogP contribution in [-0.4, -0.2) is 22.5 Å². The van der Waals surface area contributed by atoms with Crippen LogP contribution in [0.4, 0.5) is 11.4 Å². The van der Waals surface area contributed by atoms with E-state index in [1.165, 1.54) is 0 Å². The Morgan fingerprint density at radius 2 is 1.26 bits per heavy atom. The molecule has 0 saturated heterocycles. The third-order valence-corrected chi connectivity index (χ3v) is 3.69. The van der Waals surface area contributed by atoms with Crippen LogP contribution >= 0.6 is 0 Å². The molecule has 0 bridgehead atoms. The lowest BCUT2D eigenvalue weighted by Gasteiger charge is -2.10. The highest BCUT2D eigenvalue weighted by Gasteiger charge is 2.21. The minimum absolute atomic E-state index is 0.200. The molecule has 0 aliphatic rings. The second-order valence-corrected chi connectivity index (χ2v) is 5.57. The predicted octanol–water partition coefficient (Wildman–Crippen LogP) is 3.97. The van der Waals surface area contributed by atoms with Crippen LogP contribution in [0, 0.1) is 0 Å². The molecule has 6 nitrogen and oxygen atoms in total. The number of anilines is 2. The van der Waals surface area contributed by atoms with E-state index in [0.717, 1.165) is 5.69 Å². The van der Waals surface area contributed by atoms with Crippen molar-refractivity contribution in [3.05, 3.63) is 96.6 Å². The summed E-state index contributed by atoms with van der Waals surface area (Å²) in [7, 11) is 0. The maximum atomic E-state index is 12.7. The largest absolute Gasteiger partial charge is 0.410 e. The van der Waals surface area contributed by atoms with Crippen molar-refractivity contribution >= 4 is 28.7 Å². The van der Waals surface area contributed by atoms with Crippen molar-refractivity contribution in [3.8, 4) is 0 Å². The van der Waals surface area contributed by atoms with Crippen LogP contribution in [0.3, 0.4) is 0 Å². The highest BCUT2D eigenvalue weighted by atomic mass is 16.4. The Kier molecular flexibility index (Phi) is 5.93. The summed E-state index contributed by atoms with van der Waals surface area (Å²) in [6, 6.07) is 27.3. The molecular formula is C21H18N4O2. The van der Waals surface area contributed by atoms with Crippen molar-refractivity contribution in [2.75, 3.05) is 10.7 Å². The van der Waals surface area contributed by atoms with Gasteiger partial charge in [-0.2, -0.15) is 5.10 Å². The number of para-hydroxylation sites is 2. The summed E-state index contributed by atoms with van der Waals surface area (Å²) in [6.07, 6.45) is 0. The normalized spacial score (nSPS) is 11.7. The van der Waals surface area contributed by atoms with Gasteiger partial charge >= 0.3 is 0 Å². The van der Waals surface area contributed by atoms with E-state index in [1.807, 2.05) is 54.6 Å². The molecule has 3 aromatic carbocycles. The summed E-state index contributed by atoms with van der Waals surface area (Å²) in [5, 5.41) is 19.7. The Balaban J connectivity index is 1.91. The van der Waals surface area contributed by atoms with Crippen molar-refractivity contribution in [1.29, 1.82) is 0 Å². The highest BCUT2D eigenvalue weighted by Crippen LogP contribution is 2.10. The Labute approximate surface area is 156 Å². The van der Waals surface area contributed by atoms with Gasteiger partial charge in [-0.15, -0.1) is 0 Å². The Morgan fingerprint density at radius 1 is 0.741 bits per heavy atom. The number of hydrogen-bond donors (Lipinski definition) is 3. The van der Waals surface area contributed by atoms with Crippen LogP contribution < -0.4 is 10.7 Å². The van der Waals surface area contributed by atoms with Crippen molar-refractivity contribution in [3.63, 3.8) is 0 Å². The second kappa shape index (κ2) is 8.96. The number of hydrogen-bond acceptors (Lipinski definition) is 5. The van der Waals surface area contributed by atoms with Gasteiger partial charge in [0.25, 0.3) is 5.91 Å². The monoisotopic (exact) mass is 358 g/mol. The Morgan fingerprint density at radius 3 is 1.81 bits per heavy atom. The van der Waals surface area contributed by atoms with Gasteiger partial charge in [0.1, 0.15) is 5.71 Å². The fourth-order valence-electron chi connectivity index (χ4n) is 2.40. The minimum Gasteiger partial charge on any atom is -0.410 e. The van der Waals surface area contributed by atoms with Crippen molar-refractivity contribution < 1.29 is 10.0 Å². The van der Waals surface area contributed by atoms with Crippen LogP contribution in [0.5, 0.6) is 0 Å². The van der Waals surface area contributed by atoms with Gasteiger partial charge in [0, 0.05) is 11.3 Å². The SMILES string of the molecule is O=C(Nc1ccccc1)C(=N\O)/C(=N\Nc1ccccc1)c1ccccc1. The molecular weight excluding hydrogens is 340 g/mol. The first-order chi connectivity index (χ1) is 13.3. The van der Waals surface area contributed by atoms with Crippen molar-refractivity contribution in [2.24, 2.45) is 10.3 Å². The number of hydrazone groups is 1. The predicted molar refractivity (Wildman–Crippen MR) is 107 cm³/mol. The zero-order chi connectivity index (χ0) is 18.9. The zero-order valence-electron chi connectivity index (χ0n) is 14.4. The third-order valence-electron chi connectivity index (χ3n) is 3.69. The number of carbonyl (C=O) groups excluding carboxylic acids is 1. The topological polar surface area (TPSA) is 86.1 Å². The molecule has 0 aliphatic heterocycles. The number of nitrogens with zero attached hydrogens (tertiary/aromatic N) is 2. The van der Waals surface area contributed by atoms with E-state index in [1.54, 1.807) is 36.4 Å². The maximum absolute atomic E-state index is 12.7. The van der Waals surface area contributed by atoms with Crippen LogP contribution in [0.15, 0.2) is 101 Å². The third kappa shape index (κ3) is 4.79. The number of amides is 1. The minimum atomic E-state index is -0.568. The van der Waals surface area contributed by atoms with Crippen molar-refractivity contribution in [2.45, 2.75) is 0 Å². The van der Waals surface area contributed by atoms with Gasteiger partial charge in [-0.25, -0.2) is 0 Å². The van der Waals surface area contributed by atoms with E-state index in [0.29, 0.717) is 11.3 Å². The summed E-state index contributed by atoms with van der Waals surface area (Å²) < 4.78 is 0. The van der Waals surface area contributed by atoms with Crippen LogP contribution in [-0.2, 0) is 4.79 Å². The molecule has 0 heterocycles. The fraction of sp³-hybridized carbons (Fsp3) is 0. The Hall–Kier alpha value is -3.93. The first-order valence-electron chi connectivity index (χ1n) is 8.31. The van der Waals surface area contributed by atoms with E-state index >= 15 is 0 Å². The van der Waals surface area contributed by atoms with E-state index in [-0.39, 0.29) is 11.4 Å². The number of oxime groups is 1. The molecule has 0 radical (unpaired) electrons. The van der Waals surface area contributed by atoms with Crippen LogP contribution in [0.2, 0.25) is 0 Å². The summed E-state index contributed by atoms with van der Waals surface area (Å²) in [5.74, 6) is -0.568. The zero-order valence-corrected chi connectivity index (χ0v) is 14.4. The van der Waals surface area contributed by atoms with E-state index in [4.69, 9.17) is 0 Å². The fourth-order valence-corrected chi connectivity index (χ4v) is 2.40. The van der Waals surface area contributed by atoms with Gasteiger partial charge in [-0.05, 0) is 24.3 Å². The quantitative estimate of drug-likeness (QED) is 0.354. The molecule has 0 unspecified atom stereocenters. The number of nitrogens with one attached hydrogen (secondary N) is 2. The van der Waals surface area contributed by atoms with E-state index in [9.17, 15) is 10.0 Å². The average molecular weight is 358 g/mol. The summed E-state index contributed by atoms with van der Waals surface area (Å²) in [4.78, 5) is 12.7. The van der Waals surface area contributed by atoms with Gasteiger partial charge < -0.3 is 10.5 Å². The maximum Gasteiger partial charge on any atom is 0.280 e. The summed E-state index contributed by atoms with van der Waals surface area (Å²) in [6.45, 7) is 0. The van der Waals surface area contributed by atoms with Gasteiger partial charge in [0.2, 0.25) is 0 Å². The second-order valence-electron chi connectivity index (χ2n) is 5.57. The van der Waals surface area contributed by atoms with Gasteiger partial charge in [0.15, 0.2) is 5.71 Å². The lowest BCUT2D eigenvalue weighted by Crippen LogP contribution is -2.31. The van der Waals surface area contributed by atoms with E-state index < -0.39 is 5.91 Å². The van der Waals surface area contributed by atoms with Crippen LogP contribution in [0.1, 0.15) is 5.56 Å². The molecule has 27 heavy (non-hydrogen) atoms. The van der Waals surface area contributed by atoms with Gasteiger partial charge in [-0.3, -0.25) is 10.2 Å².